The molecule has 5 heterocycles. The molecule has 0 spiro atoms. The van der Waals surface area contributed by atoms with E-state index in [-0.39, 0.29) is 70.7 Å². The van der Waals surface area contributed by atoms with Crippen molar-refractivity contribution in [2.75, 3.05) is 13.7 Å². The molecule has 2 aromatic rings. The Morgan fingerprint density at radius 1 is 0.712 bits per heavy atom. The van der Waals surface area contributed by atoms with Gasteiger partial charge in [0.2, 0.25) is 0 Å². The predicted molar refractivity (Wildman–Crippen MR) is 266 cm³/mol. The van der Waals surface area contributed by atoms with Crippen LogP contribution in [0.3, 0.4) is 0 Å². The summed E-state index contributed by atoms with van der Waals surface area (Å²) in [7, 11) is 1.29. The third-order valence-corrected chi connectivity index (χ3v) is 15.1. The Kier molecular flexibility index (Phi) is 18.9. The zero-order valence-electron chi connectivity index (χ0n) is 42.3. The van der Waals surface area contributed by atoms with Crippen molar-refractivity contribution in [1.29, 1.82) is 0 Å². The SMILES string of the molecule is CC[C@H]1/C2=C/c3[n-]c4c(c3C)C(=O)[C@H](C(=O)OC)/C4=C3/[N-]/C(=C\c4[n-]c(c(C(C)=O)c4C)/C=C(\[N-]2)[C@@H]1C)[C@@H](C)[C@@H]3CCC(=O)OCCC(C)CCC[C@H](C)CCC[C@@H](C)CCCC(C)C.[Mg+2]. The van der Waals surface area contributed by atoms with Crippen molar-refractivity contribution in [2.45, 2.75) is 160 Å². The van der Waals surface area contributed by atoms with E-state index in [0.717, 1.165) is 54.0 Å². The first-order chi connectivity index (χ1) is 30.9. The number of fused-ring (bicyclic) bond motifs is 7. The van der Waals surface area contributed by atoms with Crippen LogP contribution in [0.25, 0.3) is 34.4 Å². The molecule has 3 aliphatic heterocycles. The zero-order chi connectivity index (χ0) is 47.3. The summed E-state index contributed by atoms with van der Waals surface area (Å²) in [6.07, 6.45) is 19.5. The molecule has 2 aromatic heterocycles. The molecular weight excluding hydrogens is 837 g/mol. The van der Waals surface area contributed by atoms with Gasteiger partial charge in [-0.1, -0.05) is 155 Å². The number of ether oxygens (including phenoxy) is 2. The molecule has 8 bridgehead atoms. The number of ketones is 2. The van der Waals surface area contributed by atoms with E-state index in [4.69, 9.17) is 30.1 Å². The zero-order valence-corrected chi connectivity index (χ0v) is 43.7. The van der Waals surface area contributed by atoms with Crippen LogP contribution in [0.5, 0.6) is 0 Å². The second-order valence-corrected chi connectivity index (χ2v) is 20.6. The van der Waals surface area contributed by atoms with E-state index in [1.165, 1.54) is 58.5 Å². The van der Waals surface area contributed by atoms with E-state index in [1.54, 1.807) is 6.92 Å². The van der Waals surface area contributed by atoms with Crippen LogP contribution in [-0.4, -0.2) is 60.3 Å². The van der Waals surface area contributed by atoms with E-state index in [2.05, 4.69) is 48.5 Å². The number of hydrogen-bond donors (Lipinski definition) is 0. The van der Waals surface area contributed by atoms with Crippen molar-refractivity contribution in [2.24, 2.45) is 53.3 Å². The first-order valence-corrected chi connectivity index (χ1v) is 24.9. The smallest absolute Gasteiger partial charge is 0.664 e. The number of esters is 2. The van der Waals surface area contributed by atoms with Crippen molar-refractivity contribution in [3.8, 4) is 0 Å². The largest absolute Gasteiger partial charge is 2.00 e. The number of carbonyl (C=O) groups is 4. The van der Waals surface area contributed by atoms with Crippen molar-refractivity contribution < 1.29 is 28.7 Å². The van der Waals surface area contributed by atoms with E-state index >= 15 is 0 Å². The standard InChI is InChI=1S/C55H78N4O6.Mg/c1-13-39-34(7)41-29-46-48(38(11)60)36(9)43(57-46)27-42-35(8)40(52(58-42)50-51(55(63)64-12)54(62)49-37(10)44(59-53(49)50)28-45(39)56-41)23-24-47(61)65-26-25-33(6)22-16-21-32(5)20-15-19-31(4)18-14-17-30(2)3;/h27-35,39-40,51H,13-26H2,1-12H3,(H2-2,56,57,58,59,60,62);/q-2;+2/p-2/b42-27-,45-28-;/t31-,32+,33?,34+,35-,39+,40-,51+;/m0./s1. The molecule has 10 nitrogen and oxygen atoms in total. The average Bonchev–Trinajstić information content (AvgIpc) is 4.00. The maximum atomic E-state index is 14.4. The van der Waals surface area contributed by atoms with Gasteiger partial charge in [-0.05, 0) is 81.0 Å². The van der Waals surface area contributed by atoms with Crippen molar-refractivity contribution in [3.05, 3.63) is 78.5 Å². The fourth-order valence-corrected chi connectivity index (χ4v) is 10.8. The summed E-state index contributed by atoms with van der Waals surface area (Å²) in [4.78, 5) is 64.7. The summed E-state index contributed by atoms with van der Waals surface area (Å²) in [6.45, 7) is 23.7. The Morgan fingerprint density at radius 2 is 1.26 bits per heavy atom. The third kappa shape index (κ3) is 11.9. The molecule has 0 N–H and O–H groups in total. The number of Topliss-reactive ketones (excluding diaryl/α,β-unsaturated/α-hetero) is 2. The normalized spacial score (nSPS) is 25.7. The summed E-state index contributed by atoms with van der Waals surface area (Å²) in [6, 6.07) is 0. The second-order valence-electron chi connectivity index (χ2n) is 20.6. The third-order valence-electron chi connectivity index (χ3n) is 15.1. The predicted octanol–water partition coefficient (Wildman–Crippen LogP) is 13.0. The number of hydrogen-bond acceptors (Lipinski definition) is 6. The van der Waals surface area contributed by atoms with Crippen molar-refractivity contribution in [3.63, 3.8) is 0 Å². The Hall–Kier alpha value is -3.83. The molecule has 11 heteroatoms. The number of methoxy groups -OCH3 is 1. The van der Waals surface area contributed by atoms with Crippen LogP contribution in [0, 0.1) is 67.1 Å². The van der Waals surface area contributed by atoms with Crippen LogP contribution < -0.4 is 9.97 Å². The number of aromatic nitrogens is 2. The van der Waals surface area contributed by atoms with Gasteiger partial charge in [-0.25, -0.2) is 0 Å². The number of carbonyl (C=O) groups excluding carboxylic acids is 4. The van der Waals surface area contributed by atoms with Gasteiger partial charge in [-0.15, -0.1) is 22.8 Å². The minimum atomic E-state index is -1.24. The maximum absolute atomic E-state index is 14.4. The second kappa shape index (κ2) is 23.5. The summed E-state index contributed by atoms with van der Waals surface area (Å²) in [5, 5.41) is 10.3. The van der Waals surface area contributed by atoms with Crippen LogP contribution in [0.1, 0.15) is 200 Å². The van der Waals surface area contributed by atoms with Gasteiger partial charge in [-0.2, -0.15) is 22.8 Å². The monoisotopic (exact) mass is 913 g/mol. The van der Waals surface area contributed by atoms with Crippen LogP contribution in [0.2, 0.25) is 0 Å². The molecule has 6 rings (SSSR count). The molecular formula is C55H76MgN4O6-2. The molecule has 8 atom stereocenters. The molecule has 66 heavy (non-hydrogen) atoms. The van der Waals surface area contributed by atoms with Gasteiger partial charge in [-0.3, -0.25) is 19.2 Å². The fraction of sp³-hybridized carbons (Fsp3) is 0.636. The number of allylic oxidation sites excluding steroid dienone is 4. The topological polar surface area (TPSA) is 143 Å². The van der Waals surface area contributed by atoms with Gasteiger partial charge in [0.05, 0.1) is 13.7 Å². The van der Waals surface area contributed by atoms with E-state index < -0.39 is 11.9 Å². The van der Waals surface area contributed by atoms with E-state index in [0.29, 0.717) is 75.4 Å². The molecule has 356 valence electrons. The minimum absolute atomic E-state index is 0. The van der Waals surface area contributed by atoms with Crippen LogP contribution in [0.4, 0.5) is 0 Å². The fourth-order valence-electron chi connectivity index (χ4n) is 10.8. The van der Waals surface area contributed by atoms with Crippen molar-refractivity contribution >= 4 is 70.4 Å². The van der Waals surface area contributed by atoms with Gasteiger partial charge < -0.3 is 30.1 Å². The van der Waals surface area contributed by atoms with Gasteiger partial charge in [0, 0.05) is 17.5 Å². The Labute approximate surface area is 412 Å². The van der Waals surface area contributed by atoms with Crippen molar-refractivity contribution in [1.82, 2.24) is 9.97 Å². The molecule has 1 aliphatic carbocycles. The Bertz CT molecular complexity index is 2220. The molecule has 2 saturated heterocycles. The van der Waals surface area contributed by atoms with Gasteiger partial charge in [0.15, 0.2) is 11.6 Å². The number of nitrogens with zero attached hydrogens (tertiary/aromatic N) is 4. The Morgan fingerprint density at radius 3 is 1.85 bits per heavy atom. The summed E-state index contributed by atoms with van der Waals surface area (Å²) in [5.74, 6) is -0.269. The van der Waals surface area contributed by atoms with Crippen LogP contribution in [0.15, 0.2) is 22.8 Å². The molecule has 2 fully saturated rings. The molecule has 4 aliphatic rings. The first-order valence-electron chi connectivity index (χ1n) is 24.9. The summed E-state index contributed by atoms with van der Waals surface area (Å²) in [5.41, 5.74) is 7.97. The van der Waals surface area contributed by atoms with Gasteiger partial charge >= 0.3 is 35.0 Å². The van der Waals surface area contributed by atoms with Crippen LogP contribution in [-0.2, 0) is 19.1 Å². The van der Waals surface area contributed by atoms with Gasteiger partial charge in [0.25, 0.3) is 0 Å². The molecule has 0 radical (unpaired) electrons. The summed E-state index contributed by atoms with van der Waals surface area (Å²) < 4.78 is 11.1. The molecule has 0 saturated carbocycles. The maximum Gasteiger partial charge on any atom is 2.00 e. The minimum Gasteiger partial charge on any atom is -0.664 e. The van der Waals surface area contributed by atoms with E-state index in [9.17, 15) is 19.2 Å². The summed E-state index contributed by atoms with van der Waals surface area (Å²) >= 11 is 0. The van der Waals surface area contributed by atoms with Gasteiger partial charge in [0.1, 0.15) is 5.92 Å². The quantitative estimate of drug-likeness (QED) is 0.0521. The Balaban J connectivity index is 0.00000817. The molecule has 1 unspecified atom stereocenters. The average molecular weight is 914 g/mol. The number of rotatable bonds is 21. The molecule has 0 aromatic carbocycles. The first kappa shape index (κ1) is 53.1. The molecule has 0 amide bonds. The van der Waals surface area contributed by atoms with Crippen LogP contribution >= 0.6 is 0 Å². The van der Waals surface area contributed by atoms with E-state index in [1.807, 2.05) is 39.0 Å².